The summed E-state index contributed by atoms with van der Waals surface area (Å²) in [6, 6.07) is 12.4. The fourth-order valence-electron chi connectivity index (χ4n) is 4.43. The van der Waals surface area contributed by atoms with E-state index in [0.717, 1.165) is 64.6 Å². The first-order chi connectivity index (χ1) is 14.0. The second kappa shape index (κ2) is 11.0. The van der Waals surface area contributed by atoms with Crippen molar-refractivity contribution >= 4 is 5.96 Å². The molecule has 2 aliphatic rings. The number of hydrogen-bond acceptors (Lipinski definition) is 4. The summed E-state index contributed by atoms with van der Waals surface area (Å²) in [7, 11) is 4.09. The molecule has 6 heteroatoms. The van der Waals surface area contributed by atoms with Gasteiger partial charge in [0.25, 0.3) is 0 Å². The maximum atomic E-state index is 4.48. The van der Waals surface area contributed by atoms with Gasteiger partial charge in [-0.15, -0.1) is 0 Å². The maximum absolute atomic E-state index is 4.48. The Morgan fingerprint density at radius 3 is 2.52 bits per heavy atom. The SMILES string of the molecule is CN=C(NCC(C)N1CCN(C)CC1)NC1CCN(Cc2ccccc2)C(C)C1. The molecule has 2 saturated heterocycles. The van der Waals surface area contributed by atoms with Crippen LogP contribution in [0.5, 0.6) is 0 Å². The molecule has 0 spiro atoms. The lowest BCUT2D eigenvalue weighted by molar-refractivity contribution is 0.119. The van der Waals surface area contributed by atoms with E-state index in [1.807, 2.05) is 7.05 Å². The van der Waals surface area contributed by atoms with Gasteiger partial charge >= 0.3 is 0 Å². The highest BCUT2D eigenvalue weighted by molar-refractivity contribution is 5.80. The molecule has 29 heavy (non-hydrogen) atoms. The van der Waals surface area contributed by atoms with E-state index in [1.165, 1.54) is 5.56 Å². The van der Waals surface area contributed by atoms with E-state index in [4.69, 9.17) is 0 Å². The van der Waals surface area contributed by atoms with Crippen LogP contribution in [0.15, 0.2) is 35.3 Å². The molecule has 0 amide bonds. The summed E-state index contributed by atoms with van der Waals surface area (Å²) in [5.74, 6) is 0.944. The van der Waals surface area contributed by atoms with Crippen LogP contribution < -0.4 is 10.6 Å². The van der Waals surface area contributed by atoms with Gasteiger partial charge in [0.2, 0.25) is 0 Å². The first kappa shape index (κ1) is 22.1. The van der Waals surface area contributed by atoms with Gasteiger partial charge in [0.1, 0.15) is 0 Å². The van der Waals surface area contributed by atoms with Crippen molar-refractivity contribution in [3.8, 4) is 0 Å². The number of nitrogens with one attached hydrogen (secondary N) is 2. The largest absolute Gasteiger partial charge is 0.355 e. The van der Waals surface area contributed by atoms with Crippen LogP contribution >= 0.6 is 0 Å². The molecule has 2 fully saturated rings. The van der Waals surface area contributed by atoms with Gasteiger partial charge in [-0.2, -0.15) is 0 Å². The summed E-state index contributed by atoms with van der Waals surface area (Å²) in [4.78, 5) is 12.1. The highest BCUT2D eigenvalue weighted by atomic mass is 15.3. The summed E-state index contributed by atoms with van der Waals surface area (Å²) in [5, 5.41) is 7.23. The summed E-state index contributed by atoms with van der Waals surface area (Å²) in [5.41, 5.74) is 1.40. The molecular formula is C23H40N6. The lowest BCUT2D eigenvalue weighted by atomic mass is 9.97. The van der Waals surface area contributed by atoms with Gasteiger partial charge in [-0.3, -0.25) is 14.8 Å². The van der Waals surface area contributed by atoms with Crippen molar-refractivity contribution in [3.63, 3.8) is 0 Å². The zero-order valence-electron chi connectivity index (χ0n) is 18.8. The summed E-state index contributed by atoms with van der Waals surface area (Å²) >= 11 is 0. The van der Waals surface area contributed by atoms with Crippen molar-refractivity contribution in [2.75, 3.05) is 53.4 Å². The average molecular weight is 401 g/mol. The molecule has 0 aromatic heterocycles. The Kier molecular flexibility index (Phi) is 8.33. The zero-order valence-corrected chi connectivity index (χ0v) is 18.8. The van der Waals surface area contributed by atoms with Crippen LogP contribution in [0, 0.1) is 0 Å². The van der Waals surface area contributed by atoms with Crippen LogP contribution in [0.4, 0.5) is 0 Å². The fourth-order valence-corrected chi connectivity index (χ4v) is 4.43. The number of piperidine rings is 1. The molecule has 2 aliphatic heterocycles. The molecule has 3 atom stereocenters. The minimum atomic E-state index is 0.488. The lowest BCUT2D eigenvalue weighted by Crippen LogP contribution is -2.54. The molecule has 3 rings (SSSR count). The smallest absolute Gasteiger partial charge is 0.191 e. The number of aliphatic imine (C=N–C) groups is 1. The van der Waals surface area contributed by atoms with Crippen molar-refractivity contribution in [3.05, 3.63) is 35.9 Å². The third-order valence-corrected chi connectivity index (χ3v) is 6.53. The molecule has 1 aromatic carbocycles. The Morgan fingerprint density at radius 1 is 1.14 bits per heavy atom. The van der Waals surface area contributed by atoms with Crippen molar-refractivity contribution in [2.24, 2.45) is 4.99 Å². The van der Waals surface area contributed by atoms with Gasteiger partial charge in [-0.25, -0.2) is 0 Å². The second-order valence-electron chi connectivity index (χ2n) is 8.81. The Morgan fingerprint density at radius 2 is 1.86 bits per heavy atom. The number of likely N-dealkylation sites (tertiary alicyclic amines) is 1. The Labute approximate surface area is 177 Å². The fraction of sp³-hybridized carbons (Fsp3) is 0.696. The van der Waals surface area contributed by atoms with Crippen LogP contribution in [0.3, 0.4) is 0 Å². The minimum absolute atomic E-state index is 0.488. The third-order valence-electron chi connectivity index (χ3n) is 6.53. The van der Waals surface area contributed by atoms with E-state index in [9.17, 15) is 0 Å². The molecular weight excluding hydrogens is 360 g/mol. The van der Waals surface area contributed by atoms with Crippen LogP contribution in [0.25, 0.3) is 0 Å². The first-order valence-corrected chi connectivity index (χ1v) is 11.2. The molecule has 0 radical (unpaired) electrons. The van der Waals surface area contributed by atoms with Crippen LogP contribution in [0.1, 0.15) is 32.3 Å². The minimum Gasteiger partial charge on any atom is -0.355 e. The van der Waals surface area contributed by atoms with E-state index in [-0.39, 0.29) is 0 Å². The van der Waals surface area contributed by atoms with Crippen molar-refractivity contribution < 1.29 is 0 Å². The van der Waals surface area contributed by atoms with Gasteiger partial charge in [0.15, 0.2) is 5.96 Å². The number of hydrogen-bond donors (Lipinski definition) is 2. The van der Waals surface area contributed by atoms with E-state index in [0.29, 0.717) is 18.1 Å². The molecule has 3 unspecified atom stereocenters. The molecule has 6 nitrogen and oxygen atoms in total. The molecule has 2 N–H and O–H groups in total. The normalized spacial score (nSPS) is 26.3. The predicted octanol–water partition coefficient (Wildman–Crippen LogP) is 1.84. The number of rotatable bonds is 6. The molecule has 162 valence electrons. The molecule has 0 saturated carbocycles. The van der Waals surface area contributed by atoms with E-state index in [1.54, 1.807) is 0 Å². The van der Waals surface area contributed by atoms with Crippen molar-refractivity contribution in [2.45, 2.75) is 51.4 Å². The first-order valence-electron chi connectivity index (χ1n) is 11.2. The number of benzene rings is 1. The average Bonchev–Trinajstić information content (AvgIpc) is 2.74. The van der Waals surface area contributed by atoms with E-state index >= 15 is 0 Å². The van der Waals surface area contributed by atoms with Gasteiger partial charge in [-0.1, -0.05) is 30.3 Å². The summed E-state index contributed by atoms with van der Waals surface area (Å²) < 4.78 is 0. The third kappa shape index (κ3) is 6.69. The Balaban J connectivity index is 1.41. The highest BCUT2D eigenvalue weighted by Gasteiger charge is 2.26. The number of guanidine groups is 1. The van der Waals surface area contributed by atoms with E-state index in [2.05, 4.69) is 81.6 Å². The van der Waals surface area contributed by atoms with Crippen LogP contribution in [-0.4, -0.2) is 92.1 Å². The predicted molar refractivity (Wildman–Crippen MR) is 122 cm³/mol. The molecule has 0 bridgehead atoms. The topological polar surface area (TPSA) is 46.1 Å². The number of piperazine rings is 1. The monoisotopic (exact) mass is 400 g/mol. The van der Waals surface area contributed by atoms with Gasteiger partial charge < -0.3 is 15.5 Å². The van der Waals surface area contributed by atoms with Crippen molar-refractivity contribution in [1.29, 1.82) is 0 Å². The molecule has 0 aliphatic carbocycles. The van der Waals surface area contributed by atoms with Crippen LogP contribution in [0.2, 0.25) is 0 Å². The van der Waals surface area contributed by atoms with Gasteiger partial charge in [0.05, 0.1) is 0 Å². The summed E-state index contributed by atoms with van der Waals surface area (Å²) in [6.07, 6.45) is 2.31. The molecule has 1 aromatic rings. The summed E-state index contributed by atoms with van der Waals surface area (Å²) in [6.45, 7) is 12.4. The van der Waals surface area contributed by atoms with Gasteiger partial charge in [-0.05, 0) is 39.3 Å². The standard InChI is InChI=1S/C23H40N6/c1-19-16-22(10-11-29(19)18-21-8-6-5-7-9-21)26-23(24-3)25-17-20(2)28-14-12-27(4)13-15-28/h5-9,19-20,22H,10-18H2,1-4H3,(H2,24,25,26). The van der Waals surface area contributed by atoms with Crippen LogP contribution in [-0.2, 0) is 6.54 Å². The maximum Gasteiger partial charge on any atom is 0.191 e. The van der Waals surface area contributed by atoms with Gasteiger partial charge in [0, 0.05) is 71.0 Å². The molecule has 2 heterocycles. The number of likely N-dealkylation sites (N-methyl/N-ethyl adjacent to an activating group) is 1. The highest BCUT2D eigenvalue weighted by Crippen LogP contribution is 2.20. The van der Waals surface area contributed by atoms with Crippen molar-refractivity contribution in [1.82, 2.24) is 25.3 Å². The number of nitrogens with zero attached hydrogens (tertiary/aromatic N) is 4. The lowest BCUT2D eigenvalue weighted by Gasteiger charge is -2.39. The second-order valence-corrected chi connectivity index (χ2v) is 8.81. The Hall–Kier alpha value is -1.63. The van der Waals surface area contributed by atoms with E-state index < -0.39 is 0 Å². The Bertz CT molecular complexity index is 626. The zero-order chi connectivity index (χ0) is 20.6. The quantitative estimate of drug-likeness (QED) is 0.564.